The van der Waals surface area contributed by atoms with Gasteiger partial charge in [-0.05, 0) is 11.6 Å². The van der Waals surface area contributed by atoms with Crippen LogP contribution in [0.5, 0.6) is 0 Å². The van der Waals surface area contributed by atoms with Crippen LogP contribution in [-0.4, -0.2) is 37.3 Å². The SMILES string of the molecule is COC(=O)C1=CN=CC(C(=O)OC)[C@@H]1c1ccc(Cl)c([N+](=O)[O-])c1. The summed E-state index contributed by atoms with van der Waals surface area (Å²) in [5, 5.41) is 11.0. The number of methoxy groups -OCH3 is 2. The molecule has 126 valence electrons. The fourth-order valence-electron chi connectivity index (χ4n) is 2.46. The van der Waals surface area contributed by atoms with Crippen molar-refractivity contribution in [2.45, 2.75) is 5.92 Å². The zero-order chi connectivity index (χ0) is 17.9. The number of nitrogens with zero attached hydrogens (tertiary/aromatic N) is 2. The maximum Gasteiger partial charge on any atom is 0.335 e. The van der Waals surface area contributed by atoms with Crippen LogP contribution in [0, 0.1) is 16.0 Å². The van der Waals surface area contributed by atoms with E-state index in [-0.39, 0.29) is 16.3 Å². The van der Waals surface area contributed by atoms with Gasteiger partial charge in [0, 0.05) is 24.4 Å². The highest BCUT2D eigenvalue weighted by Gasteiger charge is 2.38. The van der Waals surface area contributed by atoms with Crippen molar-refractivity contribution in [3.63, 3.8) is 0 Å². The smallest absolute Gasteiger partial charge is 0.335 e. The first-order chi connectivity index (χ1) is 11.4. The van der Waals surface area contributed by atoms with E-state index in [1.807, 2.05) is 0 Å². The van der Waals surface area contributed by atoms with Gasteiger partial charge < -0.3 is 9.47 Å². The molecule has 0 saturated carbocycles. The van der Waals surface area contributed by atoms with Crippen LogP contribution in [-0.2, 0) is 19.1 Å². The van der Waals surface area contributed by atoms with Crippen LogP contribution < -0.4 is 0 Å². The number of nitro benzene ring substituents is 1. The van der Waals surface area contributed by atoms with Crippen molar-refractivity contribution >= 4 is 35.4 Å². The molecule has 1 heterocycles. The summed E-state index contributed by atoms with van der Waals surface area (Å²) in [6.45, 7) is 0. The Morgan fingerprint density at radius 3 is 2.58 bits per heavy atom. The standard InChI is InChI=1S/C15H13ClN2O6/c1-23-14(19)9-6-17-7-10(15(20)24-2)13(9)8-3-4-11(16)12(5-8)18(21)22/h3-7,9,13H,1-2H3/t9?,13-/m0/s1. The molecule has 0 saturated heterocycles. The van der Waals surface area contributed by atoms with Crippen molar-refractivity contribution in [3.05, 3.63) is 50.7 Å². The Kier molecular flexibility index (Phi) is 5.30. The molecule has 9 heteroatoms. The monoisotopic (exact) mass is 352 g/mol. The molecule has 1 aromatic carbocycles. The molecule has 0 aliphatic carbocycles. The van der Waals surface area contributed by atoms with Crippen molar-refractivity contribution in [2.24, 2.45) is 10.9 Å². The number of esters is 2. The number of hydrogen-bond acceptors (Lipinski definition) is 7. The minimum absolute atomic E-state index is 0.0496. The topological polar surface area (TPSA) is 108 Å². The average Bonchev–Trinajstić information content (AvgIpc) is 2.59. The van der Waals surface area contributed by atoms with Crippen LogP contribution in [0.15, 0.2) is 35.0 Å². The van der Waals surface area contributed by atoms with E-state index in [0.29, 0.717) is 5.56 Å². The minimum Gasteiger partial charge on any atom is -0.468 e. The number of carbonyl (C=O) groups is 2. The Morgan fingerprint density at radius 2 is 2.00 bits per heavy atom. The second-order valence-electron chi connectivity index (χ2n) is 4.87. The van der Waals surface area contributed by atoms with Crippen LogP contribution in [0.2, 0.25) is 5.02 Å². The highest BCUT2D eigenvalue weighted by Crippen LogP contribution is 2.38. The Morgan fingerprint density at radius 1 is 1.29 bits per heavy atom. The summed E-state index contributed by atoms with van der Waals surface area (Å²) in [5.74, 6) is -3.08. The van der Waals surface area contributed by atoms with Crippen LogP contribution in [0.4, 0.5) is 5.69 Å². The quantitative estimate of drug-likeness (QED) is 0.467. The average molecular weight is 353 g/mol. The van der Waals surface area contributed by atoms with E-state index >= 15 is 0 Å². The lowest BCUT2D eigenvalue weighted by Gasteiger charge is -2.26. The van der Waals surface area contributed by atoms with Gasteiger partial charge in [0.05, 0.1) is 24.7 Å². The van der Waals surface area contributed by atoms with Crippen molar-refractivity contribution in [2.75, 3.05) is 14.2 Å². The first-order valence-corrected chi connectivity index (χ1v) is 7.11. The van der Waals surface area contributed by atoms with E-state index < -0.39 is 28.7 Å². The fraction of sp³-hybridized carbons (Fsp3) is 0.267. The lowest BCUT2D eigenvalue weighted by molar-refractivity contribution is -0.384. The number of hydrogen-bond donors (Lipinski definition) is 0. The number of benzene rings is 1. The molecule has 2 rings (SSSR count). The molecule has 1 unspecified atom stereocenters. The maximum atomic E-state index is 12.0. The van der Waals surface area contributed by atoms with E-state index in [1.165, 1.54) is 44.8 Å². The van der Waals surface area contributed by atoms with Gasteiger partial charge in [-0.2, -0.15) is 0 Å². The molecule has 0 amide bonds. The molecule has 0 aromatic heterocycles. The molecule has 1 aliphatic rings. The number of halogens is 1. The minimum atomic E-state index is -0.921. The van der Waals surface area contributed by atoms with Gasteiger partial charge in [-0.3, -0.25) is 19.9 Å². The molecule has 24 heavy (non-hydrogen) atoms. The predicted molar refractivity (Wildman–Crippen MR) is 84.9 cm³/mol. The van der Waals surface area contributed by atoms with Crippen molar-refractivity contribution in [3.8, 4) is 0 Å². The molecule has 8 nitrogen and oxygen atoms in total. The third-order valence-corrected chi connectivity index (χ3v) is 3.89. The van der Waals surface area contributed by atoms with Gasteiger partial charge in [0.25, 0.3) is 5.69 Å². The van der Waals surface area contributed by atoms with E-state index in [9.17, 15) is 19.7 Å². The van der Waals surface area contributed by atoms with E-state index in [2.05, 4.69) is 4.99 Å². The van der Waals surface area contributed by atoms with Crippen molar-refractivity contribution < 1.29 is 24.0 Å². The largest absolute Gasteiger partial charge is 0.468 e. The molecule has 0 fully saturated rings. The number of carbonyl (C=O) groups excluding carboxylic acids is 2. The predicted octanol–water partition coefficient (Wildman–Crippen LogP) is 2.26. The third kappa shape index (κ3) is 3.28. The number of rotatable bonds is 4. The molecule has 0 radical (unpaired) electrons. The van der Waals surface area contributed by atoms with Gasteiger partial charge in [-0.25, -0.2) is 4.79 Å². The number of aliphatic imine (C=N–C) groups is 1. The lowest BCUT2D eigenvalue weighted by atomic mass is 9.79. The van der Waals surface area contributed by atoms with E-state index in [1.54, 1.807) is 0 Å². The molecule has 0 bridgehead atoms. The van der Waals surface area contributed by atoms with E-state index in [0.717, 1.165) is 0 Å². The van der Waals surface area contributed by atoms with Crippen LogP contribution in [0.3, 0.4) is 0 Å². The van der Waals surface area contributed by atoms with Gasteiger partial charge in [-0.15, -0.1) is 0 Å². The summed E-state index contributed by atoms with van der Waals surface area (Å²) in [6, 6.07) is 4.06. The second-order valence-corrected chi connectivity index (χ2v) is 5.28. The summed E-state index contributed by atoms with van der Waals surface area (Å²) in [7, 11) is 2.39. The van der Waals surface area contributed by atoms with E-state index in [4.69, 9.17) is 21.1 Å². The molecule has 1 aromatic rings. The Labute approximate surface area is 141 Å². The molecule has 2 atom stereocenters. The van der Waals surface area contributed by atoms with Gasteiger partial charge in [0.15, 0.2) is 0 Å². The maximum absolute atomic E-state index is 12.0. The molecule has 1 aliphatic heterocycles. The highest BCUT2D eigenvalue weighted by molar-refractivity contribution is 6.32. The van der Waals surface area contributed by atoms with Crippen molar-refractivity contribution in [1.82, 2.24) is 0 Å². The van der Waals surface area contributed by atoms with Gasteiger partial charge >= 0.3 is 11.9 Å². The zero-order valence-corrected chi connectivity index (χ0v) is 13.5. The first-order valence-electron chi connectivity index (χ1n) is 6.74. The second kappa shape index (κ2) is 7.22. The van der Waals surface area contributed by atoms with Gasteiger partial charge in [0.1, 0.15) is 10.9 Å². The molecular weight excluding hydrogens is 340 g/mol. The van der Waals surface area contributed by atoms with Gasteiger partial charge in [-0.1, -0.05) is 17.7 Å². The summed E-state index contributed by atoms with van der Waals surface area (Å²) < 4.78 is 9.45. The molecular formula is C15H13ClN2O6. The molecule has 0 N–H and O–H groups in total. The lowest BCUT2D eigenvalue weighted by Crippen LogP contribution is -2.31. The van der Waals surface area contributed by atoms with Crippen LogP contribution >= 0.6 is 11.6 Å². The highest BCUT2D eigenvalue weighted by atomic mass is 35.5. The molecule has 0 spiro atoms. The van der Waals surface area contributed by atoms with Crippen LogP contribution in [0.1, 0.15) is 11.5 Å². The zero-order valence-electron chi connectivity index (χ0n) is 12.8. The Hall–Kier alpha value is -2.74. The van der Waals surface area contributed by atoms with Crippen LogP contribution in [0.25, 0.3) is 0 Å². The third-order valence-electron chi connectivity index (χ3n) is 3.57. The normalized spacial score (nSPS) is 19.4. The summed E-state index contributed by atoms with van der Waals surface area (Å²) in [4.78, 5) is 38.4. The first kappa shape index (κ1) is 17.6. The summed E-state index contributed by atoms with van der Waals surface area (Å²) in [6.07, 6.45) is 2.58. The number of ether oxygens (including phenoxy) is 2. The fourth-order valence-corrected chi connectivity index (χ4v) is 2.64. The Balaban J connectivity index is 2.59. The summed E-state index contributed by atoms with van der Waals surface area (Å²) in [5.41, 5.74) is 0.112. The Bertz CT molecular complexity index is 758. The number of nitro groups is 1. The van der Waals surface area contributed by atoms with Gasteiger partial charge in [0.2, 0.25) is 0 Å². The summed E-state index contributed by atoms with van der Waals surface area (Å²) >= 11 is 5.82. The van der Waals surface area contributed by atoms with Crippen molar-refractivity contribution in [1.29, 1.82) is 0 Å².